The van der Waals surface area contributed by atoms with Crippen LogP contribution in [-0.2, 0) is 52.2 Å². The molecule has 4 rings (SSSR count). The van der Waals surface area contributed by atoms with Gasteiger partial charge in [-0.2, -0.15) is 0 Å². The lowest BCUT2D eigenvalue weighted by atomic mass is 9.81. The van der Waals surface area contributed by atoms with Gasteiger partial charge in [0.1, 0.15) is 36.1 Å². The van der Waals surface area contributed by atoms with Gasteiger partial charge in [0.2, 0.25) is 0 Å². The summed E-state index contributed by atoms with van der Waals surface area (Å²) in [6, 6.07) is 0. The van der Waals surface area contributed by atoms with Crippen LogP contribution < -0.4 is 0 Å². The van der Waals surface area contributed by atoms with Crippen molar-refractivity contribution in [2.24, 2.45) is 23.7 Å². The fraction of sp³-hybridized carbons (Fsp3) is 0.886. The second-order valence-corrected chi connectivity index (χ2v) is 14.5. The third-order valence-corrected chi connectivity index (χ3v) is 10.6. The third kappa shape index (κ3) is 9.66. The number of hydrogen-bond acceptors (Lipinski definition) is 14. The van der Waals surface area contributed by atoms with Gasteiger partial charge in [0, 0.05) is 51.6 Å². The molecule has 0 aliphatic carbocycles. The lowest BCUT2D eigenvalue weighted by Gasteiger charge is -2.42. The first kappa shape index (κ1) is 40.2. The number of ketones is 1. The Labute approximate surface area is 289 Å². The zero-order valence-corrected chi connectivity index (χ0v) is 30.3. The van der Waals surface area contributed by atoms with E-state index in [4.69, 9.17) is 42.6 Å². The normalized spacial score (nSPS) is 47.3. The summed E-state index contributed by atoms with van der Waals surface area (Å²) in [5.74, 6) is -2.20. The number of aliphatic hydroxyl groups is 3. The predicted molar refractivity (Wildman–Crippen MR) is 173 cm³/mol. The molecule has 3 saturated heterocycles. The van der Waals surface area contributed by atoms with Gasteiger partial charge < -0.3 is 58.0 Å². The molecule has 14 heteroatoms. The van der Waals surface area contributed by atoms with Gasteiger partial charge >= 0.3 is 5.97 Å². The second kappa shape index (κ2) is 17.3. The molecule has 0 radical (unpaired) electrons. The summed E-state index contributed by atoms with van der Waals surface area (Å²) in [5.41, 5.74) is -1.66. The molecule has 0 aromatic rings. The van der Waals surface area contributed by atoms with E-state index in [-0.39, 0.29) is 49.3 Å². The molecule has 0 bridgehead atoms. The number of Topliss-reactive ketones (excluding diaryl/α,β-unsaturated/α-hetero) is 1. The number of rotatable bonds is 8. The van der Waals surface area contributed by atoms with Crippen molar-refractivity contribution in [1.29, 1.82) is 0 Å². The first-order valence-electron chi connectivity index (χ1n) is 17.4. The average Bonchev–Trinajstić information content (AvgIpc) is 3.82. The first-order chi connectivity index (χ1) is 23.1. The van der Waals surface area contributed by atoms with Crippen molar-refractivity contribution in [3.05, 3.63) is 12.2 Å². The van der Waals surface area contributed by atoms with Gasteiger partial charge in [-0.25, -0.2) is 4.79 Å². The van der Waals surface area contributed by atoms with Gasteiger partial charge in [0.15, 0.2) is 18.4 Å². The van der Waals surface area contributed by atoms with Crippen LogP contribution in [0.1, 0.15) is 60.8 Å². The standard InChI is InChI=1S/C35H58O14/c1-17-10-13-25(37)46-20(4)22(16-45-34-32(43-9)31(42-8)26(38)21(5)47-34)30-23(48-30)11-12-24(36)35(6,40)14-18(2)28(17)49-33-27(39)29(41-7)19(3)15-44-33/h10,13,17-23,26-34,38-40H,11-12,14-16H2,1-9H3. The highest BCUT2D eigenvalue weighted by atomic mass is 16.7. The summed E-state index contributed by atoms with van der Waals surface area (Å²) in [6.45, 7) is 11.0. The molecular weight excluding hydrogens is 644 g/mol. The van der Waals surface area contributed by atoms with Crippen molar-refractivity contribution in [3.63, 3.8) is 0 Å². The number of epoxide rings is 1. The Bertz CT molecular complexity index is 1120. The minimum atomic E-state index is -1.66. The van der Waals surface area contributed by atoms with Gasteiger partial charge in [-0.1, -0.05) is 26.8 Å². The summed E-state index contributed by atoms with van der Waals surface area (Å²) in [5, 5.41) is 32.9. The van der Waals surface area contributed by atoms with E-state index in [0.717, 1.165) is 0 Å². The fourth-order valence-corrected chi connectivity index (χ4v) is 7.51. The van der Waals surface area contributed by atoms with Crippen molar-refractivity contribution in [1.82, 2.24) is 0 Å². The molecule has 49 heavy (non-hydrogen) atoms. The van der Waals surface area contributed by atoms with E-state index in [1.54, 1.807) is 19.9 Å². The molecule has 3 N–H and O–H groups in total. The van der Waals surface area contributed by atoms with Crippen molar-refractivity contribution in [2.45, 2.75) is 140 Å². The average molecular weight is 703 g/mol. The topological polar surface area (TPSA) is 181 Å². The maximum atomic E-state index is 13.4. The van der Waals surface area contributed by atoms with Gasteiger partial charge in [0.05, 0.1) is 43.7 Å². The lowest BCUT2D eigenvalue weighted by Crippen LogP contribution is -2.59. The van der Waals surface area contributed by atoms with Gasteiger partial charge in [-0.15, -0.1) is 0 Å². The largest absolute Gasteiger partial charge is 0.459 e. The van der Waals surface area contributed by atoms with Crippen LogP contribution in [0.2, 0.25) is 0 Å². The summed E-state index contributed by atoms with van der Waals surface area (Å²) >= 11 is 0. The zero-order valence-electron chi connectivity index (χ0n) is 30.3. The van der Waals surface area contributed by atoms with E-state index in [1.165, 1.54) is 34.3 Å². The Hall–Kier alpha value is -1.56. The first-order valence-corrected chi connectivity index (χ1v) is 17.4. The van der Waals surface area contributed by atoms with Crippen LogP contribution in [0.4, 0.5) is 0 Å². The van der Waals surface area contributed by atoms with Crippen LogP contribution in [0.3, 0.4) is 0 Å². The monoisotopic (exact) mass is 702 g/mol. The maximum absolute atomic E-state index is 13.4. The van der Waals surface area contributed by atoms with E-state index in [1.807, 2.05) is 20.8 Å². The Morgan fingerprint density at radius 2 is 1.53 bits per heavy atom. The fourth-order valence-electron chi connectivity index (χ4n) is 7.51. The van der Waals surface area contributed by atoms with Crippen LogP contribution in [0.25, 0.3) is 0 Å². The molecule has 4 aliphatic rings. The van der Waals surface area contributed by atoms with Crippen LogP contribution in [0, 0.1) is 23.7 Å². The number of ether oxygens (including phenoxy) is 9. The molecule has 0 amide bonds. The molecular formula is C35H58O14. The predicted octanol–water partition coefficient (Wildman–Crippen LogP) is 1.54. The number of hydrogen-bond donors (Lipinski definition) is 3. The molecule has 282 valence electrons. The van der Waals surface area contributed by atoms with Gasteiger partial charge in [-0.3, -0.25) is 4.79 Å². The number of aliphatic hydroxyl groups excluding tert-OH is 2. The summed E-state index contributed by atoms with van der Waals surface area (Å²) in [4.78, 5) is 26.6. The van der Waals surface area contributed by atoms with E-state index < -0.39 is 84.8 Å². The number of carbonyl (C=O) groups is 2. The summed E-state index contributed by atoms with van der Waals surface area (Å²) < 4.78 is 52.7. The molecule has 0 aromatic carbocycles. The van der Waals surface area contributed by atoms with Crippen LogP contribution in [-0.4, -0.2) is 141 Å². The SMILES string of the molecule is COC1C(C)COC(OC2C(C)C=CC(=O)OC(C)C(COC3OC(C)C(O)C(OC)C3OC)C3OC3CCC(=O)C(C)(O)CC2C)C1O. The molecule has 4 aliphatic heterocycles. The number of carbonyl (C=O) groups excluding carboxylic acids is 2. The number of methoxy groups -OCH3 is 3. The van der Waals surface area contributed by atoms with Gasteiger partial charge in [0.25, 0.3) is 0 Å². The van der Waals surface area contributed by atoms with Gasteiger partial charge in [-0.05, 0) is 39.5 Å². The second-order valence-electron chi connectivity index (χ2n) is 14.5. The number of esters is 1. The highest BCUT2D eigenvalue weighted by molar-refractivity contribution is 5.86. The van der Waals surface area contributed by atoms with E-state index in [2.05, 4.69) is 0 Å². The number of fused-ring (bicyclic) bond motifs is 1. The Kier molecular flexibility index (Phi) is 14.2. The lowest BCUT2D eigenvalue weighted by molar-refractivity contribution is -0.305. The molecule has 17 atom stereocenters. The minimum Gasteiger partial charge on any atom is -0.459 e. The van der Waals surface area contributed by atoms with E-state index in [9.17, 15) is 24.9 Å². The molecule has 0 aromatic heterocycles. The molecule has 0 spiro atoms. The van der Waals surface area contributed by atoms with Crippen LogP contribution >= 0.6 is 0 Å². The molecule has 17 unspecified atom stereocenters. The Morgan fingerprint density at radius 3 is 2.18 bits per heavy atom. The molecule has 0 saturated carbocycles. The summed E-state index contributed by atoms with van der Waals surface area (Å²) in [7, 11) is 4.48. The quantitative estimate of drug-likeness (QED) is 0.245. The Balaban J connectivity index is 1.53. The van der Waals surface area contributed by atoms with E-state index >= 15 is 0 Å². The highest BCUT2D eigenvalue weighted by Crippen LogP contribution is 2.38. The minimum absolute atomic E-state index is 0.0543. The van der Waals surface area contributed by atoms with Crippen LogP contribution in [0.15, 0.2) is 12.2 Å². The maximum Gasteiger partial charge on any atom is 0.330 e. The third-order valence-electron chi connectivity index (χ3n) is 10.6. The molecule has 14 nitrogen and oxygen atoms in total. The summed E-state index contributed by atoms with van der Waals surface area (Å²) in [6.07, 6.45) is -4.88. The highest BCUT2D eigenvalue weighted by Gasteiger charge is 2.51. The molecule has 3 fully saturated rings. The van der Waals surface area contributed by atoms with E-state index in [0.29, 0.717) is 13.0 Å². The smallest absolute Gasteiger partial charge is 0.330 e. The van der Waals surface area contributed by atoms with Crippen molar-refractivity contribution in [3.8, 4) is 0 Å². The molecule has 4 heterocycles. The Morgan fingerprint density at radius 1 is 0.857 bits per heavy atom. The van der Waals surface area contributed by atoms with Crippen molar-refractivity contribution >= 4 is 11.8 Å². The van der Waals surface area contributed by atoms with Crippen molar-refractivity contribution < 1.29 is 67.5 Å². The zero-order chi connectivity index (χ0) is 36.2. The van der Waals surface area contributed by atoms with Crippen molar-refractivity contribution in [2.75, 3.05) is 34.5 Å². The van der Waals surface area contributed by atoms with Crippen LogP contribution in [0.5, 0.6) is 0 Å². The number of cyclic esters (lactones) is 1.